The Hall–Kier alpha value is -0.310. The number of hydrogen-bond acceptors (Lipinski definition) is 2. The van der Waals surface area contributed by atoms with Gasteiger partial charge in [-0.15, -0.1) is 30.3 Å². The summed E-state index contributed by atoms with van der Waals surface area (Å²) in [6.45, 7) is 3.60. The maximum atomic E-state index is 5.63. The zero-order valence-corrected chi connectivity index (χ0v) is 7.12. The van der Waals surface area contributed by atoms with Crippen LogP contribution in [-0.4, -0.2) is 0 Å². The second-order valence-electron chi connectivity index (χ2n) is 1.78. The molecule has 0 fully saturated rings. The SMILES string of the molecule is C=C[C@H](N)c1cccs1.Cl. The molecule has 0 saturated carbocycles. The van der Waals surface area contributed by atoms with Crippen LogP contribution in [0.15, 0.2) is 30.2 Å². The highest BCUT2D eigenvalue weighted by molar-refractivity contribution is 7.10. The summed E-state index contributed by atoms with van der Waals surface area (Å²) in [4.78, 5) is 1.17. The fourth-order valence-electron chi connectivity index (χ4n) is 0.597. The molecule has 0 aliphatic rings. The third kappa shape index (κ3) is 2.14. The number of rotatable bonds is 2. The molecule has 2 N–H and O–H groups in total. The molecule has 1 aromatic heterocycles. The Balaban J connectivity index is 0.000000810. The predicted octanol–water partition coefficient (Wildman–Crippen LogP) is 2.36. The molecule has 0 radical (unpaired) electrons. The van der Waals surface area contributed by atoms with Crippen LogP contribution in [0.2, 0.25) is 0 Å². The molecule has 1 rings (SSSR count). The molecular weight excluding hydrogens is 166 g/mol. The summed E-state index contributed by atoms with van der Waals surface area (Å²) in [5, 5.41) is 2.01. The average Bonchev–Trinajstić information content (AvgIpc) is 2.37. The highest BCUT2D eigenvalue weighted by Gasteiger charge is 1.98. The van der Waals surface area contributed by atoms with Gasteiger partial charge < -0.3 is 5.73 Å². The van der Waals surface area contributed by atoms with Crippen LogP contribution >= 0.6 is 23.7 Å². The first-order valence-corrected chi connectivity index (χ1v) is 3.64. The molecule has 0 unspecified atom stereocenters. The molecule has 3 heteroatoms. The van der Waals surface area contributed by atoms with Gasteiger partial charge in [-0.25, -0.2) is 0 Å². The third-order valence-electron chi connectivity index (χ3n) is 1.13. The van der Waals surface area contributed by atoms with Crippen molar-refractivity contribution < 1.29 is 0 Å². The lowest BCUT2D eigenvalue weighted by molar-refractivity contribution is 0.940. The van der Waals surface area contributed by atoms with E-state index in [2.05, 4.69) is 6.58 Å². The third-order valence-corrected chi connectivity index (χ3v) is 2.10. The van der Waals surface area contributed by atoms with Gasteiger partial charge in [0.15, 0.2) is 0 Å². The quantitative estimate of drug-likeness (QED) is 0.687. The molecule has 0 aliphatic heterocycles. The summed E-state index contributed by atoms with van der Waals surface area (Å²) in [5.74, 6) is 0. The fourth-order valence-corrected chi connectivity index (χ4v) is 1.32. The van der Waals surface area contributed by atoms with Gasteiger partial charge in [-0.1, -0.05) is 12.1 Å². The smallest absolute Gasteiger partial charge is 0.0573 e. The van der Waals surface area contributed by atoms with Crippen LogP contribution in [0.5, 0.6) is 0 Å². The topological polar surface area (TPSA) is 26.0 Å². The van der Waals surface area contributed by atoms with Gasteiger partial charge in [0.25, 0.3) is 0 Å². The molecule has 1 nitrogen and oxygen atoms in total. The number of halogens is 1. The van der Waals surface area contributed by atoms with Crippen molar-refractivity contribution in [2.75, 3.05) is 0 Å². The minimum atomic E-state index is 0. The van der Waals surface area contributed by atoms with E-state index in [1.54, 1.807) is 17.4 Å². The Morgan fingerprint density at radius 2 is 2.40 bits per heavy atom. The molecule has 10 heavy (non-hydrogen) atoms. The predicted molar refractivity (Wildman–Crippen MR) is 48.7 cm³/mol. The second-order valence-corrected chi connectivity index (χ2v) is 2.76. The van der Waals surface area contributed by atoms with E-state index in [0.29, 0.717) is 0 Å². The van der Waals surface area contributed by atoms with Crippen molar-refractivity contribution in [2.24, 2.45) is 5.73 Å². The van der Waals surface area contributed by atoms with E-state index in [4.69, 9.17) is 5.73 Å². The Bertz CT molecular complexity index is 183. The van der Waals surface area contributed by atoms with Gasteiger partial charge >= 0.3 is 0 Å². The standard InChI is InChI=1S/C7H9NS.ClH/c1-2-6(8)7-4-3-5-9-7;/h2-6H,1,8H2;1H/t6-;/m0./s1. The average molecular weight is 176 g/mol. The minimum absolute atomic E-state index is 0. The summed E-state index contributed by atoms with van der Waals surface area (Å²) in [6.07, 6.45) is 1.74. The Kier molecular flexibility index (Phi) is 4.36. The van der Waals surface area contributed by atoms with Crippen molar-refractivity contribution in [1.29, 1.82) is 0 Å². The summed E-state index contributed by atoms with van der Waals surface area (Å²) < 4.78 is 0. The van der Waals surface area contributed by atoms with E-state index in [0.717, 1.165) is 0 Å². The first-order chi connectivity index (χ1) is 4.34. The highest BCUT2D eigenvalue weighted by Crippen LogP contribution is 2.16. The lowest BCUT2D eigenvalue weighted by Gasteiger charge is -1.98. The summed E-state index contributed by atoms with van der Waals surface area (Å²) in [7, 11) is 0. The number of nitrogens with two attached hydrogens (primary N) is 1. The van der Waals surface area contributed by atoms with E-state index in [-0.39, 0.29) is 18.4 Å². The Morgan fingerprint density at radius 3 is 2.80 bits per heavy atom. The minimum Gasteiger partial charge on any atom is -0.320 e. The lowest BCUT2D eigenvalue weighted by Crippen LogP contribution is -2.03. The molecular formula is C7H10ClNS. The molecule has 1 atom stereocenters. The lowest BCUT2D eigenvalue weighted by atomic mass is 10.2. The number of thiophene rings is 1. The van der Waals surface area contributed by atoms with Gasteiger partial charge in [-0.2, -0.15) is 0 Å². The maximum absolute atomic E-state index is 5.63. The molecule has 1 heterocycles. The van der Waals surface area contributed by atoms with Crippen molar-refractivity contribution in [2.45, 2.75) is 6.04 Å². The van der Waals surface area contributed by atoms with Crippen molar-refractivity contribution in [1.82, 2.24) is 0 Å². The van der Waals surface area contributed by atoms with Crippen molar-refractivity contribution in [3.05, 3.63) is 35.0 Å². The molecule has 0 aromatic carbocycles. The van der Waals surface area contributed by atoms with Gasteiger partial charge in [0.05, 0.1) is 6.04 Å². The largest absolute Gasteiger partial charge is 0.320 e. The van der Waals surface area contributed by atoms with Crippen molar-refractivity contribution >= 4 is 23.7 Å². The number of hydrogen-bond donors (Lipinski definition) is 1. The Labute approximate surface area is 71.0 Å². The molecule has 0 aliphatic carbocycles. The van der Waals surface area contributed by atoms with E-state index >= 15 is 0 Å². The normalized spacial score (nSPS) is 11.7. The van der Waals surface area contributed by atoms with Crippen molar-refractivity contribution in [3.8, 4) is 0 Å². The van der Waals surface area contributed by atoms with Crippen molar-refractivity contribution in [3.63, 3.8) is 0 Å². The van der Waals surface area contributed by atoms with Crippen LogP contribution in [0.25, 0.3) is 0 Å². The molecule has 0 amide bonds. The second kappa shape index (κ2) is 4.50. The van der Waals surface area contributed by atoms with Crippen LogP contribution < -0.4 is 5.73 Å². The Morgan fingerprint density at radius 1 is 1.70 bits per heavy atom. The fraction of sp³-hybridized carbons (Fsp3) is 0.143. The van der Waals surface area contributed by atoms with Gasteiger partial charge in [0, 0.05) is 4.88 Å². The van der Waals surface area contributed by atoms with E-state index < -0.39 is 0 Å². The van der Waals surface area contributed by atoms with E-state index in [9.17, 15) is 0 Å². The zero-order chi connectivity index (χ0) is 6.69. The summed E-state index contributed by atoms with van der Waals surface area (Å²) >= 11 is 1.66. The molecule has 0 spiro atoms. The molecule has 0 bridgehead atoms. The van der Waals surface area contributed by atoms with E-state index in [1.807, 2.05) is 17.5 Å². The monoisotopic (exact) mass is 175 g/mol. The van der Waals surface area contributed by atoms with E-state index in [1.165, 1.54) is 4.88 Å². The van der Waals surface area contributed by atoms with Crippen LogP contribution in [0.3, 0.4) is 0 Å². The highest BCUT2D eigenvalue weighted by atomic mass is 35.5. The first kappa shape index (κ1) is 9.69. The van der Waals surface area contributed by atoms with Crippen LogP contribution in [0.4, 0.5) is 0 Å². The van der Waals surface area contributed by atoms with Crippen LogP contribution in [0, 0.1) is 0 Å². The summed E-state index contributed by atoms with van der Waals surface area (Å²) in [6, 6.07) is 4.02. The van der Waals surface area contributed by atoms with Gasteiger partial charge in [0.2, 0.25) is 0 Å². The molecule has 0 saturated heterocycles. The summed E-state index contributed by atoms with van der Waals surface area (Å²) in [5.41, 5.74) is 5.63. The van der Waals surface area contributed by atoms with Crippen LogP contribution in [-0.2, 0) is 0 Å². The van der Waals surface area contributed by atoms with Gasteiger partial charge in [-0.3, -0.25) is 0 Å². The zero-order valence-electron chi connectivity index (χ0n) is 5.49. The first-order valence-electron chi connectivity index (χ1n) is 2.76. The maximum Gasteiger partial charge on any atom is 0.0573 e. The van der Waals surface area contributed by atoms with Gasteiger partial charge in [-0.05, 0) is 11.4 Å². The van der Waals surface area contributed by atoms with Gasteiger partial charge in [0.1, 0.15) is 0 Å². The molecule has 56 valence electrons. The molecule has 1 aromatic rings. The van der Waals surface area contributed by atoms with Crippen LogP contribution in [0.1, 0.15) is 10.9 Å².